The van der Waals surface area contributed by atoms with Gasteiger partial charge in [0.25, 0.3) is 0 Å². The van der Waals surface area contributed by atoms with E-state index in [2.05, 4.69) is 5.16 Å². The second-order valence-corrected chi connectivity index (χ2v) is 8.10. The summed E-state index contributed by atoms with van der Waals surface area (Å²) in [5.74, 6) is 1.74. The molecule has 5 nitrogen and oxygen atoms in total. The Hall–Kier alpha value is -1.39. The minimum absolute atomic E-state index is 0.361. The van der Waals surface area contributed by atoms with Gasteiger partial charge in [0.05, 0.1) is 11.1 Å². The minimum atomic E-state index is -0.591. The average molecular weight is 321 g/mol. The summed E-state index contributed by atoms with van der Waals surface area (Å²) < 4.78 is 5.03. The van der Waals surface area contributed by atoms with E-state index in [9.17, 15) is 9.59 Å². The number of esters is 1. The number of nitrogens with zero attached hydrogens (tertiary/aromatic N) is 1. The van der Waals surface area contributed by atoms with Crippen LogP contribution in [0.1, 0.15) is 59.3 Å². The maximum absolute atomic E-state index is 11.8. The predicted molar refractivity (Wildman–Crippen MR) is 85.6 cm³/mol. The van der Waals surface area contributed by atoms with Crippen molar-refractivity contribution in [1.29, 1.82) is 0 Å². The number of carbonyl (C=O) groups excluding carboxylic acids is 2. The van der Waals surface area contributed by atoms with Gasteiger partial charge in [-0.1, -0.05) is 12.1 Å². The van der Waals surface area contributed by atoms with Crippen molar-refractivity contribution in [3.63, 3.8) is 0 Å². The van der Waals surface area contributed by atoms with Crippen LogP contribution in [0.5, 0.6) is 0 Å². The van der Waals surface area contributed by atoms with Crippen molar-refractivity contribution >= 4 is 17.7 Å². The molecule has 0 aromatic heterocycles. The highest BCUT2D eigenvalue weighted by Gasteiger charge is 2.46. The van der Waals surface area contributed by atoms with E-state index in [1.54, 1.807) is 13.8 Å². The van der Waals surface area contributed by atoms with E-state index < -0.39 is 11.4 Å². The van der Waals surface area contributed by atoms with Crippen molar-refractivity contribution < 1.29 is 19.2 Å². The summed E-state index contributed by atoms with van der Waals surface area (Å²) >= 11 is 0. The zero-order valence-corrected chi connectivity index (χ0v) is 14.3. The first-order chi connectivity index (χ1) is 10.9. The molecule has 0 atom stereocenters. The first-order valence-corrected chi connectivity index (χ1v) is 8.84. The maximum atomic E-state index is 11.8. The van der Waals surface area contributed by atoms with E-state index in [1.807, 2.05) is 6.92 Å². The van der Waals surface area contributed by atoms with Gasteiger partial charge >= 0.3 is 11.9 Å². The molecular formula is C18H27NO4. The molecule has 0 aromatic rings. The third-order valence-electron chi connectivity index (χ3n) is 5.99. The van der Waals surface area contributed by atoms with E-state index in [0.717, 1.165) is 17.5 Å². The Balaban J connectivity index is 1.50. The predicted octanol–water partition coefficient (Wildman–Crippen LogP) is 3.32. The Morgan fingerprint density at radius 2 is 1.65 bits per heavy atom. The van der Waals surface area contributed by atoms with Crippen molar-refractivity contribution in [2.45, 2.75) is 59.3 Å². The number of hydrogen-bond donors (Lipinski definition) is 0. The fourth-order valence-electron chi connectivity index (χ4n) is 4.41. The maximum Gasteiger partial charge on any atom is 0.372 e. The van der Waals surface area contributed by atoms with Crippen molar-refractivity contribution in [2.75, 3.05) is 6.61 Å². The summed E-state index contributed by atoms with van der Waals surface area (Å²) in [4.78, 5) is 28.7. The highest BCUT2D eigenvalue weighted by Crippen LogP contribution is 2.52. The fraction of sp³-hybridized carbons (Fsp3) is 0.833. The molecule has 4 rings (SSSR count). The summed E-state index contributed by atoms with van der Waals surface area (Å²) in [6.07, 6.45) is 6.83. The Morgan fingerprint density at radius 3 is 2.17 bits per heavy atom. The smallest absolute Gasteiger partial charge is 0.372 e. The van der Waals surface area contributed by atoms with Crippen molar-refractivity contribution in [3.05, 3.63) is 0 Å². The van der Waals surface area contributed by atoms with Crippen LogP contribution in [0.3, 0.4) is 0 Å². The highest BCUT2D eigenvalue weighted by molar-refractivity contribution is 5.91. The van der Waals surface area contributed by atoms with Crippen LogP contribution in [0.15, 0.2) is 5.16 Å². The molecule has 4 fully saturated rings. The SMILES string of the molecule is CCC(C)(C)C(=O)OCC(=O)ON=C1C2CC3CC(C2)CC1C3. The van der Waals surface area contributed by atoms with Gasteiger partial charge in [-0.2, -0.15) is 0 Å². The molecule has 0 spiro atoms. The Labute approximate surface area is 137 Å². The van der Waals surface area contributed by atoms with Crippen LogP contribution in [0.4, 0.5) is 0 Å². The summed E-state index contributed by atoms with van der Waals surface area (Å²) in [5.41, 5.74) is 0.499. The molecule has 23 heavy (non-hydrogen) atoms. The molecule has 128 valence electrons. The third kappa shape index (κ3) is 3.43. The van der Waals surface area contributed by atoms with Crippen LogP contribution >= 0.6 is 0 Å². The largest absolute Gasteiger partial charge is 0.453 e. The number of oxime groups is 1. The molecule has 5 heteroatoms. The molecule has 0 saturated heterocycles. The van der Waals surface area contributed by atoms with Gasteiger partial charge < -0.3 is 9.57 Å². The molecular weight excluding hydrogens is 294 g/mol. The first-order valence-electron chi connectivity index (χ1n) is 8.84. The topological polar surface area (TPSA) is 65.0 Å². The van der Waals surface area contributed by atoms with E-state index >= 15 is 0 Å². The van der Waals surface area contributed by atoms with Gasteiger partial charge in [-0.05, 0) is 64.2 Å². The normalized spacial score (nSPS) is 31.9. The highest BCUT2D eigenvalue weighted by atomic mass is 16.7. The van der Waals surface area contributed by atoms with Crippen LogP contribution in [0.2, 0.25) is 0 Å². The van der Waals surface area contributed by atoms with E-state index in [0.29, 0.717) is 18.3 Å². The Kier molecular flexibility index (Phi) is 4.47. The zero-order valence-electron chi connectivity index (χ0n) is 14.3. The Bertz CT molecular complexity index is 493. The van der Waals surface area contributed by atoms with Gasteiger partial charge in [0.1, 0.15) is 0 Å². The van der Waals surface area contributed by atoms with Crippen LogP contribution in [0, 0.1) is 29.1 Å². The molecule has 0 N–H and O–H groups in total. The molecule has 0 radical (unpaired) electrons. The lowest BCUT2D eigenvalue weighted by Crippen LogP contribution is -2.45. The molecule has 4 bridgehead atoms. The van der Waals surface area contributed by atoms with Crippen molar-refractivity contribution in [3.8, 4) is 0 Å². The second-order valence-electron chi connectivity index (χ2n) is 8.10. The lowest BCUT2D eigenvalue weighted by molar-refractivity contribution is -0.164. The minimum Gasteiger partial charge on any atom is -0.453 e. The third-order valence-corrected chi connectivity index (χ3v) is 5.99. The molecule has 4 aliphatic rings. The molecule has 4 saturated carbocycles. The zero-order chi connectivity index (χ0) is 16.6. The quantitative estimate of drug-likeness (QED) is 0.442. The van der Waals surface area contributed by atoms with E-state index in [-0.39, 0.29) is 12.6 Å². The van der Waals surface area contributed by atoms with Crippen molar-refractivity contribution in [2.24, 2.45) is 34.2 Å². The van der Waals surface area contributed by atoms with E-state index in [4.69, 9.17) is 9.57 Å². The van der Waals surface area contributed by atoms with Crippen LogP contribution in [0.25, 0.3) is 0 Å². The van der Waals surface area contributed by atoms with Crippen LogP contribution in [-0.2, 0) is 19.2 Å². The second kappa shape index (κ2) is 6.25. The molecule has 0 heterocycles. The van der Waals surface area contributed by atoms with Crippen LogP contribution in [-0.4, -0.2) is 24.3 Å². The number of rotatable bonds is 5. The molecule has 0 aliphatic heterocycles. The summed E-state index contributed by atoms with van der Waals surface area (Å²) in [6, 6.07) is 0. The van der Waals surface area contributed by atoms with Gasteiger partial charge in [-0.3, -0.25) is 4.79 Å². The summed E-state index contributed by atoms with van der Waals surface area (Å²) in [6.45, 7) is 5.16. The van der Waals surface area contributed by atoms with Gasteiger partial charge in [0.15, 0.2) is 6.61 Å². The van der Waals surface area contributed by atoms with Gasteiger partial charge in [-0.15, -0.1) is 0 Å². The molecule has 4 aliphatic carbocycles. The number of carbonyl (C=O) groups is 2. The standard InChI is InChI=1S/C18H27NO4/c1-4-18(2,3)17(21)22-10-15(20)23-19-16-13-6-11-5-12(8-13)9-14(16)7-11/h11-14H,4-10H2,1-3H3. The van der Waals surface area contributed by atoms with Crippen molar-refractivity contribution in [1.82, 2.24) is 0 Å². The first kappa shape index (κ1) is 16.5. The van der Waals surface area contributed by atoms with E-state index in [1.165, 1.54) is 32.1 Å². The van der Waals surface area contributed by atoms with Gasteiger partial charge in [0, 0.05) is 11.8 Å². The van der Waals surface area contributed by atoms with Gasteiger partial charge in [-0.25, -0.2) is 4.79 Å². The average Bonchev–Trinajstić information content (AvgIpc) is 2.51. The summed E-state index contributed by atoms with van der Waals surface area (Å²) in [5, 5.41) is 4.16. The molecule has 0 aromatic carbocycles. The number of hydrogen-bond acceptors (Lipinski definition) is 5. The lowest BCUT2D eigenvalue weighted by Gasteiger charge is -2.49. The summed E-state index contributed by atoms with van der Waals surface area (Å²) in [7, 11) is 0. The monoisotopic (exact) mass is 321 g/mol. The molecule has 0 unspecified atom stereocenters. The lowest BCUT2D eigenvalue weighted by atomic mass is 9.55. The van der Waals surface area contributed by atoms with Crippen LogP contribution < -0.4 is 0 Å². The molecule has 0 amide bonds. The fourth-order valence-corrected chi connectivity index (χ4v) is 4.41. The van der Waals surface area contributed by atoms with Gasteiger partial charge in [0.2, 0.25) is 0 Å². The number of ether oxygens (including phenoxy) is 1. The Morgan fingerprint density at radius 1 is 1.09 bits per heavy atom.